The van der Waals surface area contributed by atoms with E-state index in [0.29, 0.717) is 31.3 Å². The lowest BCUT2D eigenvalue weighted by molar-refractivity contribution is -0.126. The van der Waals surface area contributed by atoms with Crippen molar-refractivity contribution in [1.82, 2.24) is 4.90 Å². The van der Waals surface area contributed by atoms with E-state index in [2.05, 4.69) is 5.10 Å². The van der Waals surface area contributed by atoms with Gasteiger partial charge in [-0.05, 0) is 30.9 Å². The van der Waals surface area contributed by atoms with Gasteiger partial charge in [0.25, 0.3) is 5.91 Å². The molecule has 1 aromatic rings. The lowest BCUT2D eigenvalue weighted by Crippen LogP contribution is -2.44. The number of ether oxygens (including phenoxy) is 1. The first-order valence-corrected chi connectivity index (χ1v) is 8.59. The molecule has 2 amide bonds. The molecule has 0 bridgehead atoms. The molecule has 0 radical (unpaired) electrons. The van der Waals surface area contributed by atoms with Crippen LogP contribution in [0, 0.1) is 5.92 Å². The third-order valence-electron chi connectivity index (χ3n) is 4.71. The fourth-order valence-electron chi connectivity index (χ4n) is 3.48. The van der Waals surface area contributed by atoms with Crippen molar-refractivity contribution in [2.45, 2.75) is 25.3 Å². The van der Waals surface area contributed by atoms with Crippen molar-refractivity contribution >= 4 is 23.2 Å². The van der Waals surface area contributed by atoms with E-state index in [0.717, 1.165) is 18.5 Å². The van der Waals surface area contributed by atoms with Crippen LogP contribution < -0.4 is 10.7 Å². The van der Waals surface area contributed by atoms with Crippen LogP contribution in [0.4, 0.5) is 5.69 Å². The lowest BCUT2D eigenvalue weighted by atomic mass is 9.98. The van der Waals surface area contributed by atoms with Gasteiger partial charge in [0.05, 0.1) is 12.3 Å². The molecule has 7 heteroatoms. The van der Waals surface area contributed by atoms with Crippen molar-refractivity contribution in [2.24, 2.45) is 16.8 Å². The van der Waals surface area contributed by atoms with Crippen LogP contribution in [0.1, 0.15) is 19.3 Å². The van der Waals surface area contributed by atoms with Gasteiger partial charge < -0.3 is 15.4 Å². The van der Waals surface area contributed by atoms with Gasteiger partial charge in [-0.25, -0.2) is 0 Å². The number of hydrogen-bond donors (Lipinski definition) is 1. The quantitative estimate of drug-likeness (QED) is 0.863. The number of methoxy groups -OCH3 is 1. The number of nitrogens with two attached hydrogens (primary N) is 1. The molecule has 1 fully saturated rings. The molecule has 0 spiro atoms. The van der Waals surface area contributed by atoms with E-state index >= 15 is 0 Å². The fourth-order valence-corrected chi connectivity index (χ4v) is 3.48. The molecule has 2 atom stereocenters. The monoisotopic (exact) mass is 344 g/mol. The summed E-state index contributed by atoms with van der Waals surface area (Å²) < 4.78 is 5.22. The van der Waals surface area contributed by atoms with E-state index in [-0.39, 0.29) is 12.3 Å². The predicted molar refractivity (Wildman–Crippen MR) is 95.1 cm³/mol. The number of nitrogens with zero attached hydrogens (tertiary/aromatic N) is 3. The Kier molecular flexibility index (Phi) is 5.33. The normalized spacial score (nSPS) is 23.5. The zero-order chi connectivity index (χ0) is 17.8. The number of carbonyl (C=O) groups excluding carboxylic acids is 2. The van der Waals surface area contributed by atoms with E-state index in [1.807, 2.05) is 35.2 Å². The number of primary amides is 1. The van der Waals surface area contributed by atoms with Crippen molar-refractivity contribution in [2.75, 3.05) is 31.8 Å². The minimum Gasteiger partial charge on any atom is -0.384 e. The van der Waals surface area contributed by atoms with E-state index in [4.69, 9.17) is 10.5 Å². The highest BCUT2D eigenvalue weighted by molar-refractivity contribution is 6.40. The molecular weight excluding hydrogens is 320 g/mol. The minimum absolute atomic E-state index is 0.106. The summed E-state index contributed by atoms with van der Waals surface area (Å²) in [5.74, 6) is -0.237. The molecule has 2 N–H and O–H groups in total. The van der Waals surface area contributed by atoms with Gasteiger partial charge in [0, 0.05) is 26.6 Å². The number of rotatable bonds is 5. The molecular formula is C18H24N4O3. The van der Waals surface area contributed by atoms with Gasteiger partial charge in [0.15, 0.2) is 0 Å². The number of hydrogen-bond acceptors (Lipinski definition) is 5. The van der Waals surface area contributed by atoms with Gasteiger partial charge in [-0.15, -0.1) is 0 Å². The molecule has 3 rings (SSSR count). The Morgan fingerprint density at radius 2 is 2.08 bits per heavy atom. The fraction of sp³-hybridized carbons (Fsp3) is 0.500. The maximum Gasteiger partial charge on any atom is 0.270 e. The third-order valence-corrected chi connectivity index (χ3v) is 4.71. The van der Waals surface area contributed by atoms with Crippen LogP contribution in [0.25, 0.3) is 0 Å². The van der Waals surface area contributed by atoms with Gasteiger partial charge in [0.1, 0.15) is 11.8 Å². The summed E-state index contributed by atoms with van der Waals surface area (Å²) in [6, 6.07) is 8.69. The van der Waals surface area contributed by atoms with E-state index in [9.17, 15) is 9.59 Å². The first-order chi connectivity index (χ1) is 12.1. The maximum atomic E-state index is 12.9. The Morgan fingerprint density at radius 1 is 1.32 bits per heavy atom. The molecule has 1 saturated heterocycles. The average molecular weight is 344 g/mol. The van der Waals surface area contributed by atoms with Gasteiger partial charge >= 0.3 is 0 Å². The van der Waals surface area contributed by atoms with Crippen LogP contribution in [-0.2, 0) is 14.3 Å². The van der Waals surface area contributed by atoms with Crippen molar-refractivity contribution in [3.63, 3.8) is 0 Å². The summed E-state index contributed by atoms with van der Waals surface area (Å²) >= 11 is 0. The summed E-state index contributed by atoms with van der Waals surface area (Å²) in [7, 11) is 1.68. The van der Waals surface area contributed by atoms with E-state index < -0.39 is 11.9 Å². The number of para-hydroxylation sites is 1. The lowest BCUT2D eigenvalue weighted by Gasteiger charge is -2.32. The van der Waals surface area contributed by atoms with Crippen LogP contribution >= 0.6 is 0 Å². The molecule has 0 unspecified atom stereocenters. The molecule has 0 saturated carbocycles. The number of carbonyl (C=O) groups is 2. The maximum absolute atomic E-state index is 12.9. The number of likely N-dealkylation sites (tertiary alicyclic amines) is 1. The first-order valence-electron chi connectivity index (χ1n) is 8.59. The Bertz CT molecular complexity index is 660. The van der Waals surface area contributed by atoms with E-state index in [1.54, 1.807) is 12.1 Å². The molecule has 7 nitrogen and oxygen atoms in total. The van der Waals surface area contributed by atoms with Crippen LogP contribution in [0.3, 0.4) is 0 Å². The molecule has 2 heterocycles. The van der Waals surface area contributed by atoms with Gasteiger partial charge in [-0.3, -0.25) is 14.6 Å². The summed E-state index contributed by atoms with van der Waals surface area (Å²) in [4.78, 5) is 26.5. The van der Waals surface area contributed by atoms with Crippen LogP contribution in [0.5, 0.6) is 0 Å². The Morgan fingerprint density at radius 3 is 2.76 bits per heavy atom. The standard InChI is InChI=1S/C18H24N4O3/c1-25-12-13-6-5-9-21(11-13)18(24)15-10-16(17(19)23)22(20-15)14-7-3-2-4-8-14/h2-4,7-8,13,16H,5-6,9-12H2,1H3,(H2,19,23)/t13-,16+/m1/s1. The molecule has 0 aliphatic carbocycles. The highest BCUT2D eigenvalue weighted by atomic mass is 16.5. The van der Waals surface area contributed by atoms with E-state index in [1.165, 1.54) is 0 Å². The van der Waals surface area contributed by atoms with Gasteiger partial charge in [-0.2, -0.15) is 5.10 Å². The first kappa shape index (κ1) is 17.4. The summed E-state index contributed by atoms with van der Waals surface area (Å²) in [5, 5.41) is 6.00. The number of hydrazone groups is 1. The van der Waals surface area contributed by atoms with Crippen LogP contribution in [-0.4, -0.2) is 55.3 Å². The SMILES string of the molecule is COC[C@@H]1CCCN(C(=O)C2=NN(c3ccccc3)[C@H](C(N)=O)C2)C1. The molecule has 134 valence electrons. The zero-order valence-corrected chi connectivity index (χ0v) is 14.4. The number of anilines is 1. The summed E-state index contributed by atoms with van der Waals surface area (Å²) in [6.07, 6.45) is 2.26. The smallest absolute Gasteiger partial charge is 0.270 e. The van der Waals surface area contributed by atoms with Gasteiger partial charge in [0.2, 0.25) is 5.91 Å². The highest BCUT2D eigenvalue weighted by Gasteiger charge is 2.37. The van der Waals surface area contributed by atoms with Crippen molar-refractivity contribution < 1.29 is 14.3 Å². The second kappa shape index (κ2) is 7.65. The Labute approximate surface area is 147 Å². The Hall–Kier alpha value is -2.41. The minimum atomic E-state index is -0.624. The molecule has 2 aliphatic rings. The number of amides is 2. The van der Waals surface area contributed by atoms with Crippen LogP contribution in [0.15, 0.2) is 35.4 Å². The molecule has 25 heavy (non-hydrogen) atoms. The highest BCUT2D eigenvalue weighted by Crippen LogP contribution is 2.26. The largest absolute Gasteiger partial charge is 0.384 e. The molecule has 0 aromatic heterocycles. The zero-order valence-electron chi connectivity index (χ0n) is 14.4. The van der Waals surface area contributed by atoms with Crippen molar-refractivity contribution in [3.05, 3.63) is 30.3 Å². The van der Waals surface area contributed by atoms with Crippen LogP contribution in [0.2, 0.25) is 0 Å². The van der Waals surface area contributed by atoms with Gasteiger partial charge in [-0.1, -0.05) is 18.2 Å². The molecule has 2 aliphatic heterocycles. The van der Waals surface area contributed by atoms with Crippen molar-refractivity contribution in [1.29, 1.82) is 0 Å². The second-order valence-corrected chi connectivity index (χ2v) is 6.56. The number of benzene rings is 1. The average Bonchev–Trinajstić information content (AvgIpc) is 3.08. The third kappa shape index (κ3) is 3.82. The summed E-state index contributed by atoms with van der Waals surface area (Å²) in [6.45, 7) is 2.03. The number of piperidine rings is 1. The molecule has 1 aromatic carbocycles. The summed E-state index contributed by atoms with van der Waals surface area (Å²) in [5.41, 5.74) is 6.68. The van der Waals surface area contributed by atoms with Crippen molar-refractivity contribution in [3.8, 4) is 0 Å². The predicted octanol–water partition coefficient (Wildman–Crippen LogP) is 0.992. The second-order valence-electron chi connectivity index (χ2n) is 6.56. The topological polar surface area (TPSA) is 88.2 Å². The Balaban J connectivity index is 1.77.